The summed E-state index contributed by atoms with van der Waals surface area (Å²) in [6.45, 7) is 7.23. The van der Waals surface area contributed by atoms with Gasteiger partial charge in [-0.25, -0.2) is 0 Å². The molecule has 0 aliphatic heterocycles. The highest BCUT2D eigenvalue weighted by Crippen LogP contribution is 1.65. The van der Waals surface area contributed by atoms with Crippen molar-refractivity contribution < 1.29 is 0 Å². The molecule has 0 N–H and O–H groups in total. The smallest absolute Gasteiger partial charge is 0.0277 e. The maximum atomic E-state index is 3.67. The van der Waals surface area contributed by atoms with E-state index in [1.165, 1.54) is 0 Å². The molecular formula is C7H14N2. The van der Waals surface area contributed by atoms with Gasteiger partial charge in [-0.3, -0.25) is 9.98 Å². The van der Waals surface area contributed by atoms with Crippen LogP contribution in [-0.4, -0.2) is 20.0 Å². The van der Waals surface area contributed by atoms with Crippen LogP contribution in [-0.2, 0) is 0 Å². The molecule has 0 saturated heterocycles. The molecule has 2 heteroatoms. The zero-order chi connectivity index (χ0) is 7.54. The molecule has 0 fully saturated rings. The van der Waals surface area contributed by atoms with Crippen molar-refractivity contribution in [2.45, 2.75) is 13.8 Å². The van der Waals surface area contributed by atoms with Crippen molar-refractivity contribution >= 4 is 12.9 Å². The summed E-state index contributed by atoms with van der Waals surface area (Å²) in [7, 11) is 1.70. The van der Waals surface area contributed by atoms with E-state index in [0.717, 1.165) is 0 Å². The number of aliphatic imine (C=N–C) groups is 2. The lowest BCUT2D eigenvalue weighted by Gasteiger charge is -1.66. The van der Waals surface area contributed by atoms with Crippen molar-refractivity contribution in [2.24, 2.45) is 9.98 Å². The van der Waals surface area contributed by atoms with Crippen molar-refractivity contribution in [3.05, 3.63) is 12.3 Å². The number of rotatable bonds is 2. The third-order valence-electron chi connectivity index (χ3n) is 0.427. The Kier molecular flexibility index (Phi) is 19.1. The van der Waals surface area contributed by atoms with Crippen LogP contribution in [0, 0.1) is 0 Å². The van der Waals surface area contributed by atoms with E-state index in [9.17, 15) is 0 Å². The first-order chi connectivity index (χ1) is 4.41. The van der Waals surface area contributed by atoms with E-state index in [4.69, 9.17) is 0 Å². The van der Waals surface area contributed by atoms with Crippen molar-refractivity contribution in [1.82, 2.24) is 0 Å². The highest BCUT2D eigenvalue weighted by molar-refractivity contribution is 5.70. The molecule has 52 valence electrons. The van der Waals surface area contributed by atoms with Gasteiger partial charge < -0.3 is 0 Å². The molecule has 9 heavy (non-hydrogen) atoms. The lowest BCUT2D eigenvalue weighted by atomic mass is 10.7. The van der Waals surface area contributed by atoms with Crippen LogP contribution >= 0.6 is 0 Å². The average Bonchev–Trinajstić information content (AvgIpc) is 1.94. The summed E-state index contributed by atoms with van der Waals surface area (Å²) in [6.07, 6.45) is 4.94. The van der Waals surface area contributed by atoms with Crippen molar-refractivity contribution in [3.8, 4) is 0 Å². The zero-order valence-electron chi connectivity index (χ0n) is 6.33. The van der Waals surface area contributed by atoms with Crippen LogP contribution in [0.5, 0.6) is 0 Å². The van der Waals surface area contributed by atoms with E-state index in [2.05, 4.69) is 16.7 Å². The van der Waals surface area contributed by atoms with Crippen molar-refractivity contribution in [2.75, 3.05) is 7.05 Å². The van der Waals surface area contributed by atoms with Gasteiger partial charge in [-0.1, -0.05) is 13.8 Å². The van der Waals surface area contributed by atoms with Crippen LogP contribution in [0.1, 0.15) is 13.8 Å². The normalized spacial score (nSPS) is 9.22. The molecule has 0 aromatic heterocycles. The minimum atomic E-state index is 1.58. The van der Waals surface area contributed by atoms with Gasteiger partial charge in [0.1, 0.15) is 0 Å². The molecule has 0 rings (SSSR count). The van der Waals surface area contributed by atoms with E-state index >= 15 is 0 Å². The highest BCUT2D eigenvalue weighted by atomic mass is 14.6. The number of allylic oxidation sites excluding steroid dienone is 1. The second-order valence-corrected chi connectivity index (χ2v) is 0.931. The van der Waals surface area contributed by atoms with Gasteiger partial charge in [0.2, 0.25) is 0 Å². The maximum absolute atomic E-state index is 3.67. The summed E-state index contributed by atoms with van der Waals surface area (Å²) in [5.41, 5.74) is 0. The summed E-state index contributed by atoms with van der Waals surface area (Å²) in [6, 6.07) is 0. The van der Waals surface area contributed by atoms with Gasteiger partial charge >= 0.3 is 0 Å². The second-order valence-electron chi connectivity index (χ2n) is 0.931. The first-order valence-corrected chi connectivity index (χ1v) is 2.95. The minimum absolute atomic E-state index is 1.58. The predicted octanol–water partition coefficient (Wildman–Crippen LogP) is 1.93. The zero-order valence-corrected chi connectivity index (χ0v) is 6.33. The molecular weight excluding hydrogens is 112 g/mol. The predicted molar refractivity (Wildman–Crippen MR) is 44.5 cm³/mol. The van der Waals surface area contributed by atoms with E-state index < -0.39 is 0 Å². The minimum Gasteiger partial charge on any atom is -0.296 e. The molecule has 0 heterocycles. The van der Waals surface area contributed by atoms with Crippen LogP contribution in [0.4, 0.5) is 0 Å². The summed E-state index contributed by atoms with van der Waals surface area (Å²) in [5, 5.41) is 0. The van der Waals surface area contributed by atoms with Crippen LogP contribution < -0.4 is 0 Å². The van der Waals surface area contributed by atoms with E-state index in [-0.39, 0.29) is 0 Å². The largest absolute Gasteiger partial charge is 0.296 e. The summed E-state index contributed by atoms with van der Waals surface area (Å²) < 4.78 is 0. The molecule has 0 bridgehead atoms. The third-order valence-corrected chi connectivity index (χ3v) is 0.427. The fraction of sp³-hybridized carbons (Fsp3) is 0.429. The Labute approximate surface area is 57.0 Å². The van der Waals surface area contributed by atoms with E-state index in [0.29, 0.717) is 0 Å². The number of nitrogens with zero attached hydrogens (tertiary/aromatic N) is 2. The van der Waals surface area contributed by atoms with Crippen LogP contribution in [0.15, 0.2) is 22.3 Å². The van der Waals surface area contributed by atoms with Crippen molar-refractivity contribution in [1.29, 1.82) is 0 Å². The van der Waals surface area contributed by atoms with Gasteiger partial charge in [0.15, 0.2) is 0 Å². The average molecular weight is 126 g/mol. The quantitative estimate of drug-likeness (QED) is 0.505. The summed E-state index contributed by atoms with van der Waals surface area (Å²) >= 11 is 0. The number of hydrogen-bond acceptors (Lipinski definition) is 2. The molecule has 0 aromatic carbocycles. The molecule has 0 aliphatic rings. The van der Waals surface area contributed by atoms with Gasteiger partial charge in [0.05, 0.1) is 0 Å². The highest BCUT2D eigenvalue weighted by Gasteiger charge is 1.53. The SMILES string of the molecule is C=N/C=C\C=NC.CC. The van der Waals surface area contributed by atoms with Gasteiger partial charge in [-0.15, -0.1) is 0 Å². The van der Waals surface area contributed by atoms with Gasteiger partial charge in [-0.05, 0) is 12.8 Å². The summed E-state index contributed by atoms with van der Waals surface area (Å²) in [5.74, 6) is 0. The standard InChI is InChI=1S/C5H8N2.C2H6/c1-6-4-3-5-7-2;1-2/h3-5H,1H2,2H3;1-2H3/b4-3-,7-5?;. The second kappa shape index (κ2) is 15.7. The van der Waals surface area contributed by atoms with E-state index in [1.54, 1.807) is 25.5 Å². The Morgan fingerprint density at radius 3 is 2.22 bits per heavy atom. The first kappa shape index (κ1) is 11.0. The Balaban J connectivity index is 0. The topological polar surface area (TPSA) is 24.7 Å². The monoisotopic (exact) mass is 126 g/mol. The molecule has 0 atom stereocenters. The lowest BCUT2D eigenvalue weighted by molar-refractivity contribution is 1.47. The number of hydrogen-bond donors (Lipinski definition) is 0. The third kappa shape index (κ3) is 19.3. The Hall–Kier alpha value is -0.920. The maximum Gasteiger partial charge on any atom is 0.0277 e. The van der Waals surface area contributed by atoms with Gasteiger partial charge in [0, 0.05) is 19.5 Å². The molecule has 0 aliphatic carbocycles. The van der Waals surface area contributed by atoms with Crippen LogP contribution in [0.2, 0.25) is 0 Å². The molecule has 2 nitrogen and oxygen atoms in total. The van der Waals surface area contributed by atoms with Crippen LogP contribution in [0.25, 0.3) is 0 Å². The van der Waals surface area contributed by atoms with Crippen molar-refractivity contribution in [3.63, 3.8) is 0 Å². The molecule has 0 unspecified atom stereocenters. The molecule has 0 aromatic rings. The molecule has 0 saturated carbocycles. The van der Waals surface area contributed by atoms with Gasteiger partial charge in [0.25, 0.3) is 0 Å². The molecule has 0 radical (unpaired) electrons. The fourth-order valence-corrected chi connectivity index (χ4v) is 0.185. The molecule has 0 amide bonds. The lowest BCUT2D eigenvalue weighted by Crippen LogP contribution is -1.57. The van der Waals surface area contributed by atoms with E-state index in [1.807, 2.05) is 13.8 Å². The Morgan fingerprint density at radius 2 is 1.89 bits per heavy atom. The summed E-state index contributed by atoms with van der Waals surface area (Å²) in [4.78, 5) is 7.12. The van der Waals surface area contributed by atoms with Crippen LogP contribution in [0.3, 0.4) is 0 Å². The fourth-order valence-electron chi connectivity index (χ4n) is 0.185. The van der Waals surface area contributed by atoms with Gasteiger partial charge in [-0.2, -0.15) is 0 Å². The molecule has 0 spiro atoms. The Morgan fingerprint density at radius 1 is 1.33 bits per heavy atom. The Bertz CT molecular complexity index is 93.1. The first-order valence-electron chi connectivity index (χ1n) is 2.95.